The third-order valence-electron chi connectivity index (χ3n) is 8.88. The number of nitrogens with zero attached hydrogens (tertiary/aromatic N) is 3. The molecule has 202 valence electrons. The van der Waals surface area contributed by atoms with Crippen molar-refractivity contribution in [3.63, 3.8) is 0 Å². The van der Waals surface area contributed by atoms with Gasteiger partial charge in [0.25, 0.3) is 5.91 Å². The lowest BCUT2D eigenvalue weighted by Gasteiger charge is -2.50. The number of hydrogen-bond donors (Lipinski definition) is 1. The van der Waals surface area contributed by atoms with Crippen molar-refractivity contribution in [3.8, 4) is 5.75 Å². The standard InChI is InChI=1S/C29H36N4O5/c1-18(34)32-13-5-4-6-23(32)20-15-31(16-20)24-7-2-3-8-26(24)38-21-9-10-22-19(14-21)17-33(29(22)37)25-11-12-27(35)30-28(25)36/h6,9-10,14,20,24-26H,2-5,7-8,11-13,15-17H2,1H3,(H,30,35,36)/t24-,25?,26+/m1/s1. The summed E-state index contributed by atoms with van der Waals surface area (Å²) in [6, 6.07) is 5.35. The van der Waals surface area contributed by atoms with Crippen molar-refractivity contribution in [1.82, 2.24) is 20.0 Å². The number of allylic oxidation sites excluding steroid dienone is 1. The molecule has 9 heteroatoms. The van der Waals surface area contributed by atoms with Crippen LogP contribution in [0.15, 0.2) is 30.0 Å². The van der Waals surface area contributed by atoms with Crippen LogP contribution in [0.2, 0.25) is 0 Å². The van der Waals surface area contributed by atoms with Crippen LogP contribution in [0.3, 0.4) is 0 Å². The molecule has 0 aromatic heterocycles. The van der Waals surface area contributed by atoms with Crippen molar-refractivity contribution in [2.45, 2.75) is 83.0 Å². The van der Waals surface area contributed by atoms with E-state index in [0.29, 0.717) is 30.5 Å². The first-order valence-electron chi connectivity index (χ1n) is 14.1. The fourth-order valence-corrected chi connectivity index (χ4v) is 6.87. The van der Waals surface area contributed by atoms with Crippen LogP contribution in [0.1, 0.15) is 74.2 Å². The second-order valence-corrected chi connectivity index (χ2v) is 11.3. The minimum Gasteiger partial charge on any atom is -0.489 e. The maximum atomic E-state index is 13.0. The minimum atomic E-state index is -0.614. The fourth-order valence-electron chi connectivity index (χ4n) is 6.87. The predicted octanol–water partition coefficient (Wildman–Crippen LogP) is 2.60. The fraction of sp³-hybridized carbons (Fsp3) is 0.586. The summed E-state index contributed by atoms with van der Waals surface area (Å²) >= 11 is 0. The summed E-state index contributed by atoms with van der Waals surface area (Å²) in [7, 11) is 0. The van der Waals surface area contributed by atoms with E-state index in [2.05, 4.69) is 16.3 Å². The largest absolute Gasteiger partial charge is 0.489 e. The van der Waals surface area contributed by atoms with Crippen LogP contribution < -0.4 is 10.1 Å². The number of imide groups is 1. The van der Waals surface area contributed by atoms with Crippen molar-refractivity contribution >= 4 is 23.6 Å². The maximum absolute atomic E-state index is 13.0. The van der Waals surface area contributed by atoms with Gasteiger partial charge in [0.05, 0.1) is 0 Å². The number of carbonyl (C=O) groups is 4. The van der Waals surface area contributed by atoms with Crippen molar-refractivity contribution in [2.75, 3.05) is 19.6 Å². The number of piperidine rings is 1. The molecule has 38 heavy (non-hydrogen) atoms. The Bertz CT molecular complexity index is 1190. The monoisotopic (exact) mass is 520 g/mol. The highest BCUT2D eigenvalue weighted by molar-refractivity contribution is 6.05. The van der Waals surface area contributed by atoms with Crippen molar-refractivity contribution in [1.29, 1.82) is 0 Å². The number of carbonyl (C=O) groups excluding carboxylic acids is 4. The summed E-state index contributed by atoms with van der Waals surface area (Å²) < 4.78 is 6.57. The highest BCUT2D eigenvalue weighted by atomic mass is 16.5. The van der Waals surface area contributed by atoms with E-state index in [4.69, 9.17) is 4.74 Å². The van der Waals surface area contributed by atoms with Crippen LogP contribution in [0.5, 0.6) is 5.75 Å². The predicted molar refractivity (Wildman–Crippen MR) is 139 cm³/mol. The number of likely N-dealkylation sites (tertiary alicyclic amines) is 1. The van der Waals surface area contributed by atoms with Crippen LogP contribution in [0.25, 0.3) is 0 Å². The SMILES string of the molecule is CC(=O)N1CCCC=C1C1CN([C@@H]2CCCC[C@@H]2Oc2ccc3c(c2)CN(C2CCC(=O)NC2=O)C3=O)C1. The number of hydrogen-bond acceptors (Lipinski definition) is 6. The Hall–Kier alpha value is -3.20. The Morgan fingerprint density at radius 1 is 1.05 bits per heavy atom. The van der Waals surface area contributed by atoms with Gasteiger partial charge in [0, 0.05) is 62.7 Å². The Balaban J connectivity index is 1.11. The number of amides is 4. The summed E-state index contributed by atoms with van der Waals surface area (Å²) in [5, 5.41) is 2.35. The van der Waals surface area contributed by atoms with E-state index >= 15 is 0 Å². The second-order valence-electron chi connectivity index (χ2n) is 11.3. The highest BCUT2D eigenvalue weighted by Crippen LogP contribution is 2.37. The average Bonchev–Trinajstić information content (AvgIpc) is 3.19. The second kappa shape index (κ2) is 10.2. The zero-order chi connectivity index (χ0) is 26.4. The molecule has 1 aromatic rings. The van der Waals surface area contributed by atoms with E-state index in [1.165, 1.54) is 12.1 Å². The number of fused-ring (bicyclic) bond motifs is 1. The average molecular weight is 521 g/mol. The molecule has 1 aromatic carbocycles. The molecule has 1 unspecified atom stereocenters. The summed E-state index contributed by atoms with van der Waals surface area (Å²) in [6.45, 7) is 4.75. The van der Waals surface area contributed by atoms with E-state index in [9.17, 15) is 19.2 Å². The Kier molecular flexibility index (Phi) is 6.72. The van der Waals surface area contributed by atoms with Gasteiger partial charge in [0.1, 0.15) is 17.9 Å². The van der Waals surface area contributed by atoms with E-state index in [1.807, 2.05) is 23.1 Å². The summed E-state index contributed by atoms with van der Waals surface area (Å²) in [5.41, 5.74) is 2.67. The molecule has 5 aliphatic rings. The van der Waals surface area contributed by atoms with Crippen LogP contribution in [-0.2, 0) is 20.9 Å². The van der Waals surface area contributed by atoms with Crippen LogP contribution in [0.4, 0.5) is 0 Å². The quantitative estimate of drug-likeness (QED) is 0.600. The lowest BCUT2D eigenvalue weighted by Crippen LogP contribution is -2.59. The summed E-state index contributed by atoms with van der Waals surface area (Å²) in [5.74, 6) is 0.458. The number of nitrogens with one attached hydrogen (secondary N) is 1. The van der Waals surface area contributed by atoms with Gasteiger partial charge >= 0.3 is 0 Å². The first-order chi connectivity index (χ1) is 18.4. The lowest BCUT2D eigenvalue weighted by atomic mass is 9.84. The third-order valence-corrected chi connectivity index (χ3v) is 8.88. The molecule has 0 spiro atoms. The first-order valence-corrected chi connectivity index (χ1v) is 14.1. The zero-order valence-electron chi connectivity index (χ0n) is 22.0. The molecule has 0 bridgehead atoms. The molecule has 4 aliphatic heterocycles. The normalized spacial score (nSPS) is 28.5. The molecule has 6 rings (SSSR count). The number of ether oxygens (including phenoxy) is 1. The Morgan fingerprint density at radius 3 is 2.66 bits per heavy atom. The Morgan fingerprint density at radius 2 is 1.87 bits per heavy atom. The molecule has 9 nitrogen and oxygen atoms in total. The molecule has 0 radical (unpaired) electrons. The van der Waals surface area contributed by atoms with E-state index in [0.717, 1.165) is 63.1 Å². The van der Waals surface area contributed by atoms with Gasteiger partial charge in [0.2, 0.25) is 17.7 Å². The third kappa shape index (κ3) is 4.61. The van der Waals surface area contributed by atoms with Crippen LogP contribution in [0, 0.1) is 5.92 Å². The van der Waals surface area contributed by atoms with Gasteiger partial charge in [-0.25, -0.2) is 0 Å². The van der Waals surface area contributed by atoms with Crippen LogP contribution in [-0.4, -0.2) is 76.2 Å². The molecule has 4 heterocycles. The summed E-state index contributed by atoms with van der Waals surface area (Å²) in [6.07, 6.45) is 9.43. The van der Waals surface area contributed by atoms with Gasteiger partial charge in [-0.15, -0.1) is 0 Å². The minimum absolute atomic E-state index is 0.0790. The molecule has 1 saturated carbocycles. The highest BCUT2D eigenvalue weighted by Gasteiger charge is 2.42. The van der Waals surface area contributed by atoms with Crippen molar-refractivity contribution in [2.24, 2.45) is 5.92 Å². The van der Waals surface area contributed by atoms with E-state index in [-0.39, 0.29) is 30.2 Å². The molecule has 1 N–H and O–H groups in total. The van der Waals surface area contributed by atoms with Crippen molar-refractivity contribution in [3.05, 3.63) is 41.1 Å². The molecule has 4 amide bonds. The van der Waals surface area contributed by atoms with Gasteiger partial charge in [-0.1, -0.05) is 12.5 Å². The van der Waals surface area contributed by atoms with Gasteiger partial charge < -0.3 is 14.5 Å². The molecule has 2 saturated heterocycles. The van der Waals surface area contributed by atoms with Crippen molar-refractivity contribution < 1.29 is 23.9 Å². The lowest BCUT2D eigenvalue weighted by molar-refractivity contribution is -0.137. The molecular weight excluding hydrogens is 484 g/mol. The molecule has 3 atom stereocenters. The van der Waals surface area contributed by atoms with Gasteiger partial charge in [-0.2, -0.15) is 0 Å². The van der Waals surface area contributed by atoms with Gasteiger partial charge in [-0.3, -0.25) is 29.4 Å². The Labute approximate surface area is 223 Å². The smallest absolute Gasteiger partial charge is 0.255 e. The topological polar surface area (TPSA) is 99.3 Å². The maximum Gasteiger partial charge on any atom is 0.255 e. The van der Waals surface area contributed by atoms with Gasteiger partial charge in [0.15, 0.2) is 0 Å². The zero-order valence-corrected chi connectivity index (χ0v) is 22.0. The first kappa shape index (κ1) is 25.1. The molecule has 1 aliphatic carbocycles. The molecule has 3 fully saturated rings. The van der Waals surface area contributed by atoms with Crippen LogP contribution >= 0.6 is 0 Å². The number of rotatable bonds is 5. The van der Waals surface area contributed by atoms with Gasteiger partial charge in [-0.05, 0) is 62.3 Å². The molecular formula is C29H36N4O5. The number of benzene rings is 1. The van der Waals surface area contributed by atoms with E-state index < -0.39 is 11.9 Å². The summed E-state index contributed by atoms with van der Waals surface area (Å²) in [4.78, 5) is 55.1. The van der Waals surface area contributed by atoms with E-state index in [1.54, 1.807) is 11.8 Å².